The average Bonchev–Trinajstić information content (AvgIpc) is 2.74. The Morgan fingerprint density at radius 3 is 2.29 bits per heavy atom. The van der Waals surface area contributed by atoms with Gasteiger partial charge in [-0.2, -0.15) is 0 Å². The number of hydrogen-bond donors (Lipinski definition) is 1. The minimum absolute atomic E-state index is 0.486. The maximum absolute atomic E-state index is 3.99. The molecule has 3 rings (SSSR count). The molecule has 0 aromatic carbocycles. The highest BCUT2D eigenvalue weighted by atomic mass is 15.3. The molecule has 1 spiro atoms. The van der Waals surface area contributed by atoms with Gasteiger partial charge in [-0.25, -0.2) is 0 Å². The highest BCUT2D eigenvalue weighted by molar-refractivity contribution is 5.02. The summed E-state index contributed by atoms with van der Waals surface area (Å²) >= 11 is 0. The molecule has 2 nitrogen and oxygen atoms in total. The average molecular weight is 293 g/mol. The summed E-state index contributed by atoms with van der Waals surface area (Å²) in [6, 6.07) is 1.68. The van der Waals surface area contributed by atoms with E-state index in [0.717, 1.165) is 18.0 Å². The van der Waals surface area contributed by atoms with Gasteiger partial charge < -0.3 is 5.32 Å². The van der Waals surface area contributed by atoms with Gasteiger partial charge in [-0.05, 0) is 38.0 Å². The first kappa shape index (κ1) is 15.8. The number of piperazine rings is 1. The second-order valence-electron chi connectivity index (χ2n) is 8.47. The first-order valence-electron chi connectivity index (χ1n) is 9.69. The van der Waals surface area contributed by atoms with E-state index in [2.05, 4.69) is 24.1 Å². The van der Waals surface area contributed by atoms with E-state index in [1.807, 2.05) is 0 Å². The Hall–Kier alpha value is -0.0800. The zero-order valence-electron chi connectivity index (χ0n) is 14.4. The molecule has 1 atom stereocenters. The van der Waals surface area contributed by atoms with Gasteiger partial charge in [-0.1, -0.05) is 52.4 Å². The van der Waals surface area contributed by atoms with Crippen molar-refractivity contribution in [1.29, 1.82) is 0 Å². The van der Waals surface area contributed by atoms with Crippen molar-refractivity contribution in [2.45, 2.75) is 102 Å². The van der Waals surface area contributed by atoms with Crippen LogP contribution in [0.4, 0.5) is 0 Å². The molecule has 1 heterocycles. The normalized spacial score (nSPS) is 31.9. The highest BCUT2D eigenvalue weighted by Gasteiger charge is 2.43. The van der Waals surface area contributed by atoms with E-state index in [1.165, 1.54) is 83.7 Å². The van der Waals surface area contributed by atoms with Gasteiger partial charge in [0.2, 0.25) is 0 Å². The largest absolute Gasteiger partial charge is 0.308 e. The van der Waals surface area contributed by atoms with Crippen molar-refractivity contribution in [3.63, 3.8) is 0 Å². The van der Waals surface area contributed by atoms with Gasteiger partial charge >= 0.3 is 0 Å². The standard InChI is InChI=1S/C19H36N2/c1-16(2)13-18-14-20-19(11-7-8-12-19)15-21(18)17-9-5-3-4-6-10-17/h16-18,20H,3-15H2,1-2H3. The zero-order chi connectivity index (χ0) is 14.7. The molecule has 0 bridgehead atoms. The van der Waals surface area contributed by atoms with Gasteiger partial charge in [-0.15, -0.1) is 0 Å². The van der Waals surface area contributed by atoms with Gasteiger partial charge in [0.15, 0.2) is 0 Å². The van der Waals surface area contributed by atoms with Crippen LogP contribution in [0.15, 0.2) is 0 Å². The molecule has 0 radical (unpaired) electrons. The molecule has 0 aromatic heterocycles. The molecule has 122 valence electrons. The summed E-state index contributed by atoms with van der Waals surface area (Å²) in [5, 5.41) is 3.99. The lowest BCUT2D eigenvalue weighted by Gasteiger charge is -2.50. The fraction of sp³-hybridized carbons (Fsp3) is 1.00. The van der Waals surface area contributed by atoms with Crippen LogP contribution in [-0.4, -0.2) is 35.6 Å². The van der Waals surface area contributed by atoms with Crippen LogP contribution in [0.3, 0.4) is 0 Å². The van der Waals surface area contributed by atoms with Crippen molar-refractivity contribution in [1.82, 2.24) is 10.2 Å². The molecule has 2 heteroatoms. The van der Waals surface area contributed by atoms with Gasteiger partial charge in [0.1, 0.15) is 0 Å². The van der Waals surface area contributed by atoms with Crippen LogP contribution >= 0.6 is 0 Å². The first-order valence-corrected chi connectivity index (χ1v) is 9.69. The van der Waals surface area contributed by atoms with Crippen LogP contribution in [0.25, 0.3) is 0 Å². The van der Waals surface area contributed by atoms with E-state index in [0.29, 0.717) is 5.54 Å². The molecule has 0 aromatic rings. The molecule has 2 aliphatic carbocycles. The van der Waals surface area contributed by atoms with Crippen LogP contribution in [0.5, 0.6) is 0 Å². The quantitative estimate of drug-likeness (QED) is 0.778. The predicted molar refractivity (Wildman–Crippen MR) is 90.6 cm³/mol. The topological polar surface area (TPSA) is 15.3 Å². The molecule has 1 aliphatic heterocycles. The number of nitrogens with one attached hydrogen (secondary N) is 1. The van der Waals surface area contributed by atoms with Crippen LogP contribution in [0, 0.1) is 5.92 Å². The lowest BCUT2D eigenvalue weighted by atomic mass is 9.87. The van der Waals surface area contributed by atoms with Crippen molar-refractivity contribution in [2.24, 2.45) is 5.92 Å². The van der Waals surface area contributed by atoms with Crippen molar-refractivity contribution in [2.75, 3.05) is 13.1 Å². The molecule has 1 saturated heterocycles. The summed E-state index contributed by atoms with van der Waals surface area (Å²) in [5.41, 5.74) is 0.486. The Kier molecular flexibility index (Phi) is 5.27. The van der Waals surface area contributed by atoms with Gasteiger partial charge in [-0.3, -0.25) is 4.90 Å². The number of hydrogen-bond acceptors (Lipinski definition) is 2. The van der Waals surface area contributed by atoms with E-state index >= 15 is 0 Å². The molecule has 3 fully saturated rings. The van der Waals surface area contributed by atoms with Crippen molar-refractivity contribution < 1.29 is 0 Å². The molecular formula is C19H36N2. The van der Waals surface area contributed by atoms with Crippen LogP contribution in [0.1, 0.15) is 84.5 Å². The van der Waals surface area contributed by atoms with Crippen LogP contribution < -0.4 is 5.32 Å². The maximum atomic E-state index is 3.99. The Labute approximate surface area is 132 Å². The monoisotopic (exact) mass is 292 g/mol. The molecule has 1 N–H and O–H groups in total. The van der Waals surface area contributed by atoms with Gasteiger partial charge in [0.25, 0.3) is 0 Å². The zero-order valence-corrected chi connectivity index (χ0v) is 14.4. The Balaban J connectivity index is 1.71. The van der Waals surface area contributed by atoms with E-state index in [9.17, 15) is 0 Å². The smallest absolute Gasteiger partial charge is 0.0309 e. The molecule has 1 unspecified atom stereocenters. The third-order valence-electron chi connectivity index (χ3n) is 6.26. The predicted octanol–water partition coefficient (Wildman–Crippen LogP) is 4.34. The van der Waals surface area contributed by atoms with E-state index in [4.69, 9.17) is 0 Å². The first-order chi connectivity index (χ1) is 10.2. The summed E-state index contributed by atoms with van der Waals surface area (Å²) in [5.74, 6) is 0.822. The van der Waals surface area contributed by atoms with Crippen molar-refractivity contribution in [3.8, 4) is 0 Å². The molecule has 21 heavy (non-hydrogen) atoms. The van der Waals surface area contributed by atoms with E-state index in [1.54, 1.807) is 0 Å². The minimum Gasteiger partial charge on any atom is -0.308 e. The minimum atomic E-state index is 0.486. The van der Waals surface area contributed by atoms with Gasteiger partial charge in [0, 0.05) is 30.7 Å². The number of nitrogens with zero attached hydrogens (tertiary/aromatic N) is 1. The second-order valence-corrected chi connectivity index (χ2v) is 8.47. The molecule has 3 aliphatic rings. The SMILES string of the molecule is CC(C)CC1CNC2(CCCC2)CN1C1CCCCCC1. The summed E-state index contributed by atoms with van der Waals surface area (Å²) in [6.07, 6.45) is 15.9. The summed E-state index contributed by atoms with van der Waals surface area (Å²) in [6.45, 7) is 7.38. The lowest BCUT2D eigenvalue weighted by Crippen LogP contribution is -2.65. The fourth-order valence-corrected chi connectivity index (χ4v) is 5.15. The second kappa shape index (κ2) is 7.00. The number of rotatable bonds is 3. The van der Waals surface area contributed by atoms with Crippen molar-refractivity contribution >= 4 is 0 Å². The highest BCUT2D eigenvalue weighted by Crippen LogP contribution is 2.36. The van der Waals surface area contributed by atoms with E-state index in [-0.39, 0.29) is 0 Å². The molecule has 0 amide bonds. The lowest BCUT2D eigenvalue weighted by molar-refractivity contribution is 0.0276. The summed E-state index contributed by atoms with van der Waals surface area (Å²) < 4.78 is 0. The van der Waals surface area contributed by atoms with Crippen LogP contribution in [-0.2, 0) is 0 Å². The van der Waals surface area contributed by atoms with E-state index < -0.39 is 0 Å². The Morgan fingerprint density at radius 1 is 1.00 bits per heavy atom. The summed E-state index contributed by atoms with van der Waals surface area (Å²) in [7, 11) is 0. The summed E-state index contributed by atoms with van der Waals surface area (Å²) in [4.78, 5) is 2.98. The Bertz CT molecular complexity index is 310. The van der Waals surface area contributed by atoms with Crippen molar-refractivity contribution in [3.05, 3.63) is 0 Å². The third-order valence-corrected chi connectivity index (χ3v) is 6.26. The van der Waals surface area contributed by atoms with Gasteiger partial charge in [0.05, 0.1) is 0 Å². The maximum Gasteiger partial charge on any atom is 0.0309 e. The Morgan fingerprint density at radius 2 is 1.67 bits per heavy atom. The van der Waals surface area contributed by atoms with Crippen LogP contribution in [0.2, 0.25) is 0 Å². The molecule has 2 saturated carbocycles. The fourth-order valence-electron chi connectivity index (χ4n) is 5.15. The molecular weight excluding hydrogens is 256 g/mol. The third kappa shape index (κ3) is 3.82.